The van der Waals surface area contributed by atoms with Crippen LogP contribution in [0.3, 0.4) is 0 Å². The number of aromatic amines is 1. The van der Waals surface area contributed by atoms with Gasteiger partial charge < -0.3 is 5.73 Å². The molecule has 3 rings (SSSR count). The summed E-state index contributed by atoms with van der Waals surface area (Å²) in [5.74, 6) is 0.960. The number of nitrogen functional groups attached to an aromatic ring is 1. The molecule has 1 unspecified atom stereocenters. The normalized spacial score (nSPS) is 23.3. The molecule has 0 saturated heterocycles. The molecular formula is C14H20N4O. The van der Waals surface area contributed by atoms with Gasteiger partial charge in [0.15, 0.2) is 0 Å². The van der Waals surface area contributed by atoms with Crippen molar-refractivity contribution in [2.45, 2.75) is 32.2 Å². The second-order valence-corrected chi connectivity index (χ2v) is 5.51. The van der Waals surface area contributed by atoms with Crippen LogP contribution in [0.25, 0.3) is 0 Å². The third kappa shape index (κ3) is 2.71. The van der Waals surface area contributed by atoms with Gasteiger partial charge >= 0.3 is 0 Å². The Hall–Kier alpha value is -1.62. The SMILES string of the molecule is Nc1nc2c(c(=O)[nH]1)CN(CC1CC=CCC1)CC2. The first kappa shape index (κ1) is 12.4. The minimum Gasteiger partial charge on any atom is -0.369 e. The maximum absolute atomic E-state index is 11.9. The van der Waals surface area contributed by atoms with Crippen molar-refractivity contribution in [2.24, 2.45) is 5.92 Å². The average molecular weight is 260 g/mol. The number of fused-ring (bicyclic) bond motifs is 1. The molecule has 5 nitrogen and oxygen atoms in total. The summed E-state index contributed by atoms with van der Waals surface area (Å²) >= 11 is 0. The van der Waals surface area contributed by atoms with E-state index in [0.29, 0.717) is 6.54 Å². The predicted octanol–water partition coefficient (Wildman–Crippen LogP) is 1.07. The fraction of sp³-hybridized carbons (Fsp3) is 0.571. The number of rotatable bonds is 2. The van der Waals surface area contributed by atoms with E-state index in [9.17, 15) is 4.79 Å². The van der Waals surface area contributed by atoms with Crippen molar-refractivity contribution in [1.82, 2.24) is 14.9 Å². The molecule has 19 heavy (non-hydrogen) atoms. The first-order valence-electron chi connectivity index (χ1n) is 6.97. The number of nitrogens with two attached hydrogens (primary N) is 1. The molecule has 1 aliphatic heterocycles. The largest absolute Gasteiger partial charge is 0.369 e. The van der Waals surface area contributed by atoms with Crippen LogP contribution in [0.4, 0.5) is 5.95 Å². The highest BCUT2D eigenvalue weighted by molar-refractivity contribution is 5.27. The summed E-state index contributed by atoms with van der Waals surface area (Å²) in [4.78, 5) is 21.1. The van der Waals surface area contributed by atoms with Crippen LogP contribution < -0.4 is 11.3 Å². The number of aromatic nitrogens is 2. The lowest BCUT2D eigenvalue weighted by Gasteiger charge is -2.31. The summed E-state index contributed by atoms with van der Waals surface area (Å²) in [7, 11) is 0. The fourth-order valence-electron chi connectivity index (χ4n) is 3.04. The van der Waals surface area contributed by atoms with Gasteiger partial charge in [0.2, 0.25) is 5.95 Å². The van der Waals surface area contributed by atoms with Crippen LogP contribution in [0.2, 0.25) is 0 Å². The standard InChI is InChI=1S/C14H20N4O/c15-14-16-12-6-7-18(9-11(12)13(19)17-14)8-10-4-2-1-3-5-10/h1-2,10H,3-9H2,(H3,15,16,17,19). The highest BCUT2D eigenvalue weighted by atomic mass is 16.1. The molecule has 0 spiro atoms. The first-order chi connectivity index (χ1) is 9.22. The maximum atomic E-state index is 11.9. The van der Waals surface area contributed by atoms with Gasteiger partial charge in [-0.1, -0.05) is 12.2 Å². The van der Waals surface area contributed by atoms with Crippen molar-refractivity contribution in [2.75, 3.05) is 18.8 Å². The van der Waals surface area contributed by atoms with Crippen LogP contribution in [0, 0.1) is 5.92 Å². The van der Waals surface area contributed by atoms with Gasteiger partial charge in [0, 0.05) is 26.1 Å². The van der Waals surface area contributed by atoms with Gasteiger partial charge in [-0.25, -0.2) is 4.98 Å². The number of hydrogen-bond acceptors (Lipinski definition) is 4. The van der Waals surface area contributed by atoms with Crippen molar-refractivity contribution >= 4 is 5.95 Å². The molecule has 3 N–H and O–H groups in total. The second-order valence-electron chi connectivity index (χ2n) is 5.51. The van der Waals surface area contributed by atoms with E-state index < -0.39 is 0 Å². The Kier molecular flexibility index (Phi) is 3.38. The number of hydrogen-bond donors (Lipinski definition) is 2. The Balaban J connectivity index is 1.71. The highest BCUT2D eigenvalue weighted by Crippen LogP contribution is 2.22. The summed E-state index contributed by atoms with van der Waals surface area (Å²) in [6.07, 6.45) is 8.98. The van der Waals surface area contributed by atoms with Gasteiger partial charge in [-0.15, -0.1) is 0 Å². The van der Waals surface area contributed by atoms with E-state index in [1.807, 2.05) is 0 Å². The lowest BCUT2D eigenvalue weighted by Crippen LogP contribution is -2.38. The average Bonchev–Trinajstić information content (AvgIpc) is 2.40. The van der Waals surface area contributed by atoms with Gasteiger partial charge in [-0.05, 0) is 25.2 Å². The minimum absolute atomic E-state index is 0.0734. The Bertz CT molecular complexity index is 549. The van der Waals surface area contributed by atoms with Gasteiger partial charge in [-0.3, -0.25) is 14.7 Å². The molecule has 1 aliphatic carbocycles. The number of allylic oxidation sites excluding steroid dienone is 2. The summed E-state index contributed by atoms with van der Waals surface area (Å²) in [6, 6.07) is 0. The predicted molar refractivity (Wildman–Crippen MR) is 74.7 cm³/mol. The molecule has 2 aliphatic rings. The zero-order chi connectivity index (χ0) is 13.2. The van der Waals surface area contributed by atoms with E-state index in [-0.39, 0.29) is 11.5 Å². The Morgan fingerprint density at radius 2 is 2.37 bits per heavy atom. The molecule has 0 amide bonds. The topological polar surface area (TPSA) is 75.0 Å². The summed E-state index contributed by atoms with van der Waals surface area (Å²) in [6.45, 7) is 2.76. The quantitative estimate of drug-likeness (QED) is 0.780. The molecule has 1 aromatic heterocycles. The van der Waals surface area contributed by atoms with Crippen LogP contribution in [0.5, 0.6) is 0 Å². The van der Waals surface area contributed by atoms with E-state index in [0.717, 1.165) is 36.7 Å². The molecule has 1 aromatic rings. The van der Waals surface area contributed by atoms with Gasteiger partial charge in [0.1, 0.15) is 0 Å². The van der Waals surface area contributed by atoms with Crippen molar-refractivity contribution in [3.63, 3.8) is 0 Å². The summed E-state index contributed by atoms with van der Waals surface area (Å²) in [5, 5.41) is 0. The molecule has 102 valence electrons. The molecule has 1 atom stereocenters. The summed E-state index contributed by atoms with van der Waals surface area (Å²) < 4.78 is 0. The number of anilines is 1. The molecular weight excluding hydrogens is 240 g/mol. The second kappa shape index (κ2) is 5.17. The van der Waals surface area contributed by atoms with Gasteiger partial charge in [0.05, 0.1) is 11.3 Å². The highest BCUT2D eigenvalue weighted by Gasteiger charge is 2.23. The number of H-pyrrole nitrogens is 1. The molecule has 0 bridgehead atoms. The monoisotopic (exact) mass is 260 g/mol. The Labute approximate surface area is 112 Å². The molecule has 2 heterocycles. The number of nitrogens with one attached hydrogen (secondary N) is 1. The van der Waals surface area contributed by atoms with Crippen molar-refractivity contribution < 1.29 is 0 Å². The van der Waals surface area contributed by atoms with Crippen LogP contribution >= 0.6 is 0 Å². The van der Waals surface area contributed by atoms with E-state index in [4.69, 9.17) is 5.73 Å². The maximum Gasteiger partial charge on any atom is 0.257 e. The van der Waals surface area contributed by atoms with Crippen LogP contribution in [-0.4, -0.2) is 28.0 Å². The molecule has 0 aromatic carbocycles. The molecule has 0 saturated carbocycles. The van der Waals surface area contributed by atoms with Gasteiger partial charge in [-0.2, -0.15) is 0 Å². The smallest absolute Gasteiger partial charge is 0.257 e. The van der Waals surface area contributed by atoms with Crippen LogP contribution in [-0.2, 0) is 13.0 Å². The third-order valence-electron chi connectivity index (χ3n) is 4.06. The zero-order valence-corrected chi connectivity index (χ0v) is 11.1. The van der Waals surface area contributed by atoms with Crippen LogP contribution in [0.15, 0.2) is 16.9 Å². The van der Waals surface area contributed by atoms with Crippen LogP contribution in [0.1, 0.15) is 30.5 Å². The fourth-order valence-corrected chi connectivity index (χ4v) is 3.04. The van der Waals surface area contributed by atoms with Gasteiger partial charge in [0.25, 0.3) is 5.56 Å². The molecule has 0 fully saturated rings. The Morgan fingerprint density at radius 3 is 3.16 bits per heavy atom. The first-order valence-corrected chi connectivity index (χ1v) is 6.97. The molecule has 0 radical (unpaired) electrons. The minimum atomic E-state index is -0.0734. The van der Waals surface area contributed by atoms with Crippen molar-refractivity contribution in [1.29, 1.82) is 0 Å². The summed E-state index contributed by atoms with van der Waals surface area (Å²) in [5.41, 5.74) is 7.18. The van der Waals surface area contributed by atoms with Crippen molar-refractivity contribution in [3.05, 3.63) is 33.8 Å². The van der Waals surface area contributed by atoms with E-state index >= 15 is 0 Å². The zero-order valence-electron chi connectivity index (χ0n) is 11.1. The van der Waals surface area contributed by atoms with E-state index in [1.165, 1.54) is 19.3 Å². The third-order valence-corrected chi connectivity index (χ3v) is 4.06. The van der Waals surface area contributed by atoms with Crippen molar-refractivity contribution in [3.8, 4) is 0 Å². The molecule has 5 heteroatoms. The number of nitrogens with zero attached hydrogens (tertiary/aromatic N) is 2. The van der Waals surface area contributed by atoms with E-state index in [1.54, 1.807) is 0 Å². The van der Waals surface area contributed by atoms with E-state index in [2.05, 4.69) is 27.0 Å². The Morgan fingerprint density at radius 1 is 1.47 bits per heavy atom. The lowest BCUT2D eigenvalue weighted by atomic mass is 9.93. The lowest BCUT2D eigenvalue weighted by molar-refractivity contribution is 0.204.